The van der Waals surface area contributed by atoms with Crippen LogP contribution in [0.15, 0.2) is 36.4 Å². The van der Waals surface area contributed by atoms with Gasteiger partial charge in [0.2, 0.25) is 0 Å². The van der Waals surface area contributed by atoms with E-state index in [-0.39, 0.29) is 16.9 Å². The summed E-state index contributed by atoms with van der Waals surface area (Å²) in [6.45, 7) is 5.55. The van der Waals surface area contributed by atoms with Crippen LogP contribution in [0.2, 0.25) is 0 Å². The highest BCUT2D eigenvalue weighted by Gasteiger charge is 2.14. The molecule has 0 saturated heterocycles. The van der Waals surface area contributed by atoms with Crippen molar-refractivity contribution in [1.82, 2.24) is 0 Å². The Morgan fingerprint density at radius 1 is 1.19 bits per heavy atom. The van der Waals surface area contributed by atoms with Gasteiger partial charge in [-0.05, 0) is 19.4 Å². The number of Topliss-reactive ketones (excluding diaryl/α,β-unsaturated/α-hetero) is 1. The second-order valence-corrected chi connectivity index (χ2v) is 3.73. The second kappa shape index (κ2) is 5.26. The minimum absolute atomic E-state index is 0.0641. The normalized spacial score (nSPS) is 9.81. The highest BCUT2D eigenvalue weighted by molar-refractivity contribution is 6.05. The largest absolute Gasteiger partial charge is 0.478 e. The van der Waals surface area contributed by atoms with Crippen LogP contribution in [0.25, 0.3) is 0 Å². The van der Waals surface area contributed by atoms with E-state index in [0.29, 0.717) is 12.8 Å². The number of ketones is 1. The maximum absolute atomic E-state index is 11.8. The quantitative estimate of drug-likeness (QED) is 0.610. The van der Waals surface area contributed by atoms with Crippen molar-refractivity contribution in [2.24, 2.45) is 0 Å². The van der Waals surface area contributed by atoms with Gasteiger partial charge in [0.05, 0.1) is 5.56 Å². The molecule has 0 aliphatic carbocycles. The molecule has 1 rings (SSSR count). The molecule has 16 heavy (non-hydrogen) atoms. The Bertz CT molecular complexity index is 433. The summed E-state index contributed by atoms with van der Waals surface area (Å²) in [6, 6.07) is 6.26. The van der Waals surface area contributed by atoms with Crippen LogP contribution in [0.5, 0.6) is 0 Å². The van der Waals surface area contributed by atoms with Crippen molar-refractivity contribution in [1.29, 1.82) is 0 Å². The van der Waals surface area contributed by atoms with Gasteiger partial charge in [0.15, 0.2) is 5.78 Å². The Hall–Kier alpha value is -1.90. The fourth-order valence-electron chi connectivity index (χ4n) is 1.37. The van der Waals surface area contributed by atoms with E-state index in [1.54, 1.807) is 18.2 Å². The SMILES string of the molecule is C=C(C)CCC(=O)c1ccccc1C(=O)O. The maximum atomic E-state index is 11.8. The number of aromatic carboxylic acids is 1. The molecule has 3 heteroatoms. The smallest absolute Gasteiger partial charge is 0.336 e. The molecule has 1 aromatic carbocycles. The highest BCUT2D eigenvalue weighted by Crippen LogP contribution is 2.13. The lowest BCUT2D eigenvalue weighted by molar-refractivity contribution is 0.0692. The van der Waals surface area contributed by atoms with Crippen molar-refractivity contribution in [2.75, 3.05) is 0 Å². The van der Waals surface area contributed by atoms with Crippen LogP contribution in [0.3, 0.4) is 0 Å². The third-order valence-electron chi connectivity index (χ3n) is 2.24. The van der Waals surface area contributed by atoms with E-state index in [2.05, 4.69) is 6.58 Å². The monoisotopic (exact) mass is 218 g/mol. The molecule has 0 unspecified atom stereocenters. The molecule has 0 radical (unpaired) electrons. The minimum Gasteiger partial charge on any atom is -0.478 e. The first-order chi connectivity index (χ1) is 7.52. The fourth-order valence-corrected chi connectivity index (χ4v) is 1.37. The predicted octanol–water partition coefficient (Wildman–Crippen LogP) is 2.92. The van der Waals surface area contributed by atoms with Crippen molar-refractivity contribution in [3.63, 3.8) is 0 Å². The highest BCUT2D eigenvalue weighted by atomic mass is 16.4. The van der Waals surface area contributed by atoms with Gasteiger partial charge in [-0.15, -0.1) is 6.58 Å². The number of carboxylic acid groups (broad SMARTS) is 1. The molecule has 1 N–H and O–H groups in total. The lowest BCUT2D eigenvalue weighted by Gasteiger charge is -2.04. The van der Waals surface area contributed by atoms with Crippen LogP contribution < -0.4 is 0 Å². The third kappa shape index (κ3) is 3.05. The van der Waals surface area contributed by atoms with Crippen LogP contribution in [-0.2, 0) is 0 Å². The van der Waals surface area contributed by atoms with E-state index in [1.165, 1.54) is 6.07 Å². The van der Waals surface area contributed by atoms with E-state index in [9.17, 15) is 9.59 Å². The van der Waals surface area contributed by atoms with E-state index >= 15 is 0 Å². The van der Waals surface area contributed by atoms with Gasteiger partial charge in [-0.25, -0.2) is 4.79 Å². The number of carboxylic acids is 1. The molecule has 0 spiro atoms. The number of allylic oxidation sites excluding steroid dienone is 1. The molecule has 84 valence electrons. The van der Waals surface area contributed by atoms with E-state index in [4.69, 9.17) is 5.11 Å². The van der Waals surface area contributed by atoms with Crippen LogP contribution in [0.4, 0.5) is 0 Å². The van der Waals surface area contributed by atoms with Gasteiger partial charge >= 0.3 is 5.97 Å². The molecule has 0 aliphatic rings. The molecule has 0 heterocycles. The standard InChI is InChI=1S/C13H14O3/c1-9(2)7-8-12(14)10-5-3-4-6-11(10)13(15)16/h3-6H,1,7-8H2,2H3,(H,15,16). The van der Waals surface area contributed by atoms with E-state index < -0.39 is 5.97 Å². The summed E-state index contributed by atoms with van der Waals surface area (Å²) in [4.78, 5) is 22.7. The second-order valence-electron chi connectivity index (χ2n) is 3.73. The molecule has 0 saturated carbocycles. The van der Waals surface area contributed by atoms with Crippen LogP contribution in [0.1, 0.15) is 40.5 Å². The molecule has 0 aromatic heterocycles. The zero-order chi connectivity index (χ0) is 12.1. The first-order valence-electron chi connectivity index (χ1n) is 5.02. The molecule has 0 fully saturated rings. The molecule has 1 aromatic rings. The third-order valence-corrected chi connectivity index (χ3v) is 2.24. The molecule has 0 amide bonds. The van der Waals surface area contributed by atoms with E-state index in [1.807, 2.05) is 6.92 Å². The fraction of sp³-hybridized carbons (Fsp3) is 0.231. The molecule has 0 bridgehead atoms. The van der Waals surface area contributed by atoms with Crippen molar-refractivity contribution in [3.8, 4) is 0 Å². The molecular formula is C13H14O3. The number of hydrogen-bond donors (Lipinski definition) is 1. The number of benzene rings is 1. The first kappa shape index (κ1) is 12.2. The lowest BCUT2D eigenvalue weighted by atomic mass is 9.99. The van der Waals surface area contributed by atoms with Gasteiger partial charge in [0.1, 0.15) is 0 Å². The minimum atomic E-state index is -1.07. The van der Waals surface area contributed by atoms with Gasteiger partial charge in [0.25, 0.3) is 0 Å². The first-order valence-corrected chi connectivity index (χ1v) is 5.02. The average Bonchev–Trinajstić information content (AvgIpc) is 2.25. The van der Waals surface area contributed by atoms with Crippen molar-refractivity contribution in [2.45, 2.75) is 19.8 Å². The molecular weight excluding hydrogens is 204 g/mol. The summed E-state index contributed by atoms with van der Waals surface area (Å²) in [5.74, 6) is -1.22. The number of carbonyl (C=O) groups excluding carboxylic acids is 1. The molecule has 0 atom stereocenters. The maximum Gasteiger partial charge on any atom is 0.336 e. The Labute approximate surface area is 94.4 Å². The Morgan fingerprint density at radius 3 is 2.25 bits per heavy atom. The predicted molar refractivity (Wildman–Crippen MR) is 61.8 cm³/mol. The number of rotatable bonds is 5. The van der Waals surface area contributed by atoms with Gasteiger partial charge in [-0.3, -0.25) is 4.79 Å². The number of carbonyl (C=O) groups is 2. The van der Waals surface area contributed by atoms with Crippen LogP contribution in [0, 0.1) is 0 Å². The van der Waals surface area contributed by atoms with Gasteiger partial charge in [-0.1, -0.05) is 23.8 Å². The Morgan fingerprint density at radius 2 is 1.75 bits per heavy atom. The molecule has 0 aliphatic heterocycles. The summed E-state index contributed by atoms with van der Waals surface area (Å²) < 4.78 is 0. The topological polar surface area (TPSA) is 54.4 Å². The van der Waals surface area contributed by atoms with E-state index in [0.717, 1.165) is 5.57 Å². The Balaban J connectivity index is 2.90. The summed E-state index contributed by atoms with van der Waals surface area (Å²) in [7, 11) is 0. The van der Waals surface area contributed by atoms with Crippen molar-refractivity contribution in [3.05, 3.63) is 47.5 Å². The summed E-state index contributed by atoms with van der Waals surface area (Å²) in [5.41, 5.74) is 1.26. The number of hydrogen-bond acceptors (Lipinski definition) is 2. The molecule has 3 nitrogen and oxygen atoms in total. The zero-order valence-electron chi connectivity index (χ0n) is 9.19. The van der Waals surface area contributed by atoms with Crippen molar-refractivity contribution >= 4 is 11.8 Å². The van der Waals surface area contributed by atoms with Gasteiger partial charge in [-0.2, -0.15) is 0 Å². The van der Waals surface area contributed by atoms with Gasteiger partial charge in [0, 0.05) is 12.0 Å². The lowest BCUT2D eigenvalue weighted by Crippen LogP contribution is -2.08. The van der Waals surface area contributed by atoms with Crippen molar-refractivity contribution < 1.29 is 14.7 Å². The average molecular weight is 218 g/mol. The Kier molecular flexibility index (Phi) is 4.00. The summed E-state index contributed by atoms with van der Waals surface area (Å²) >= 11 is 0. The van der Waals surface area contributed by atoms with Crippen LogP contribution >= 0.6 is 0 Å². The van der Waals surface area contributed by atoms with Gasteiger partial charge < -0.3 is 5.11 Å². The van der Waals surface area contributed by atoms with Crippen LogP contribution in [-0.4, -0.2) is 16.9 Å². The summed E-state index contributed by atoms with van der Waals surface area (Å²) in [5, 5.41) is 8.92. The zero-order valence-corrected chi connectivity index (χ0v) is 9.19. The summed E-state index contributed by atoms with van der Waals surface area (Å²) in [6.07, 6.45) is 0.895.